The topological polar surface area (TPSA) is 12.5 Å². The molecule has 0 aliphatic carbocycles. The molecule has 0 aromatic carbocycles. The van der Waals surface area contributed by atoms with Crippen LogP contribution in [0.25, 0.3) is 0 Å². The van der Waals surface area contributed by atoms with Crippen LogP contribution in [0.1, 0.15) is 32.1 Å². The third-order valence-electron chi connectivity index (χ3n) is 3.63. The predicted octanol–water partition coefficient (Wildman–Crippen LogP) is 1.90. The van der Waals surface area contributed by atoms with Crippen molar-refractivity contribution in [3.05, 3.63) is 0 Å². The summed E-state index contributed by atoms with van der Waals surface area (Å²) in [6.07, 6.45) is 7.45. The molecule has 0 aromatic heterocycles. The smallest absolute Gasteiger partial charge is 0.0698 e. The van der Waals surface area contributed by atoms with Crippen molar-refractivity contribution in [2.24, 2.45) is 5.92 Å². The minimum atomic E-state index is 0.501. The van der Waals surface area contributed by atoms with Gasteiger partial charge in [0.1, 0.15) is 0 Å². The fourth-order valence-electron chi connectivity index (χ4n) is 2.69. The molecule has 2 saturated heterocycles. The number of methoxy groups -OCH3 is 1. The summed E-state index contributed by atoms with van der Waals surface area (Å²) in [5.41, 5.74) is 0. The molecule has 2 aliphatic heterocycles. The Morgan fingerprint density at radius 2 is 2.00 bits per heavy atom. The van der Waals surface area contributed by atoms with Crippen LogP contribution in [-0.4, -0.2) is 37.7 Å². The summed E-state index contributed by atoms with van der Waals surface area (Å²) in [5.74, 6) is 0.989. The lowest BCUT2D eigenvalue weighted by Gasteiger charge is -2.28. The third kappa shape index (κ3) is 2.44. The van der Waals surface area contributed by atoms with Gasteiger partial charge in [-0.15, -0.1) is 0 Å². The average molecular weight is 183 g/mol. The highest BCUT2D eigenvalue weighted by Crippen LogP contribution is 2.26. The van der Waals surface area contributed by atoms with Gasteiger partial charge >= 0.3 is 0 Å². The van der Waals surface area contributed by atoms with Gasteiger partial charge in [0.2, 0.25) is 0 Å². The van der Waals surface area contributed by atoms with E-state index in [1.807, 2.05) is 7.11 Å². The molecule has 2 heterocycles. The number of rotatable bonds is 1. The fraction of sp³-hybridized carbons (Fsp3) is 1.00. The van der Waals surface area contributed by atoms with Crippen molar-refractivity contribution < 1.29 is 4.74 Å². The largest absolute Gasteiger partial charge is 0.380 e. The zero-order valence-electron chi connectivity index (χ0n) is 8.67. The van der Waals surface area contributed by atoms with Gasteiger partial charge in [-0.1, -0.05) is 0 Å². The lowest BCUT2D eigenvalue weighted by molar-refractivity contribution is 0.0482. The van der Waals surface area contributed by atoms with Crippen molar-refractivity contribution in [2.75, 3.05) is 26.7 Å². The van der Waals surface area contributed by atoms with Gasteiger partial charge < -0.3 is 9.64 Å². The molecule has 3 atom stereocenters. The molecule has 2 bridgehead atoms. The minimum absolute atomic E-state index is 0.501. The summed E-state index contributed by atoms with van der Waals surface area (Å²) in [4.78, 5) is 2.59. The Morgan fingerprint density at radius 3 is 2.85 bits per heavy atom. The highest BCUT2D eigenvalue weighted by Gasteiger charge is 2.23. The Hall–Kier alpha value is -0.0800. The van der Waals surface area contributed by atoms with E-state index in [-0.39, 0.29) is 0 Å². The second-order valence-corrected chi connectivity index (χ2v) is 4.53. The predicted molar refractivity (Wildman–Crippen MR) is 53.8 cm³/mol. The zero-order valence-corrected chi connectivity index (χ0v) is 8.67. The Labute approximate surface area is 81.3 Å². The SMILES string of the molecule is COC1CCC2CCCN(CC2)C1. The van der Waals surface area contributed by atoms with Crippen LogP contribution in [0.5, 0.6) is 0 Å². The molecule has 2 aliphatic rings. The lowest BCUT2D eigenvalue weighted by atomic mass is 9.93. The molecule has 0 aromatic rings. The van der Waals surface area contributed by atoms with E-state index in [9.17, 15) is 0 Å². The van der Waals surface area contributed by atoms with Gasteiger partial charge in [0, 0.05) is 13.7 Å². The van der Waals surface area contributed by atoms with Crippen LogP contribution in [0.4, 0.5) is 0 Å². The van der Waals surface area contributed by atoms with Crippen LogP contribution in [0, 0.1) is 5.92 Å². The molecule has 2 heteroatoms. The molecule has 0 radical (unpaired) electrons. The minimum Gasteiger partial charge on any atom is -0.380 e. The maximum Gasteiger partial charge on any atom is 0.0698 e. The first-order valence-electron chi connectivity index (χ1n) is 5.63. The van der Waals surface area contributed by atoms with Crippen LogP contribution in [0.15, 0.2) is 0 Å². The highest BCUT2D eigenvalue weighted by molar-refractivity contribution is 4.77. The Bertz CT molecular complexity index is 160. The highest BCUT2D eigenvalue weighted by atomic mass is 16.5. The molecule has 76 valence electrons. The molecule has 2 rings (SSSR count). The molecule has 0 spiro atoms. The van der Waals surface area contributed by atoms with Crippen LogP contribution >= 0.6 is 0 Å². The van der Waals surface area contributed by atoms with E-state index in [4.69, 9.17) is 4.74 Å². The Kier molecular flexibility index (Phi) is 3.23. The average Bonchev–Trinajstić information content (AvgIpc) is 2.28. The van der Waals surface area contributed by atoms with Crippen molar-refractivity contribution >= 4 is 0 Å². The molecule has 0 amide bonds. The molecule has 0 saturated carbocycles. The molecule has 2 fully saturated rings. The summed E-state index contributed by atoms with van der Waals surface area (Å²) in [7, 11) is 1.86. The van der Waals surface area contributed by atoms with Crippen LogP contribution in [0.2, 0.25) is 0 Å². The first kappa shape index (κ1) is 9.47. The van der Waals surface area contributed by atoms with Crippen molar-refractivity contribution in [2.45, 2.75) is 38.2 Å². The standard InChI is InChI=1S/C11H21NO/c1-13-11-5-4-10-3-2-7-12(9-11)8-6-10/h10-11H,2-9H2,1H3. The van der Waals surface area contributed by atoms with Crippen molar-refractivity contribution in [3.8, 4) is 0 Å². The van der Waals surface area contributed by atoms with E-state index in [1.54, 1.807) is 0 Å². The van der Waals surface area contributed by atoms with Crippen molar-refractivity contribution in [1.82, 2.24) is 4.90 Å². The van der Waals surface area contributed by atoms with E-state index < -0.39 is 0 Å². The van der Waals surface area contributed by atoms with Gasteiger partial charge in [-0.3, -0.25) is 0 Å². The van der Waals surface area contributed by atoms with Gasteiger partial charge in [0.15, 0.2) is 0 Å². The molecule has 3 unspecified atom stereocenters. The van der Waals surface area contributed by atoms with E-state index in [2.05, 4.69) is 4.90 Å². The first-order chi connectivity index (χ1) is 6.38. The van der Waals surface area contributed by atoms with Crippen molar-refractivity contribution in [1.29, 1.82) is 0 Å². The Morgan fingerprint density at radius 1 is 1.08 bits per heavy atom. The van der Waals surface area contributed by atoms with Crippen LogP contribution in [0.3, 0.4) is 0 Å². The summed E-state index contributed by atoms with van der Waals surface area (Å²) >= 11 is 0. The molecular weight excluding hydrogens is 162 g/mol. The summed E-state index contributed by atoms with van der Waals surface area (Å²) in [6.45, 7) is 3.78. The summed E-state index contributed by atoms with van der Waals surface area (Å²) < 4.78 is 5.49. The first-order valence-corrected chi connectivity index (χ1v) is 5.63. The zero-order chi connectivity index (χ0) is 9.10. The fourth-order valence-corrected chi connectivity index (χ4v) is 2.69. The number of fused-ring (bicyclic) bond motifs is 3. The van der Waals surface area contributed by atoms with Crippen molar-refractivity contribution in [3.63, 3.8) is 0 Å². The van der Waals surface area contributed by atoms with Gasteiger partial charge in [0.05, 0.1) is 6.10 Å². The molecule has 13 heavy (non-hydrogen) atoms. The van der Waals surface area contributed by atoms with Crippen LogP contribution < -0.4 is 0 Å². The second-order valence-electron chi connectivity index (χ2n) is 4.53. The monoisotopic (exact) mass is 183 g/mol. The third-order valence-corrected chi connectivity index (χ3v) is 3.63. The Balaban J connectivity index is 1.98. The van der Waals surface area contributed by atoms with Crippen LogP contribution in [-0.2, 0) is 4.74 Å². The molecule has 2 nitrogen and oxygen atoms in total. The van der Waals surface area contributed by atoms with Gasteiger partial charge in [-0.2, -0.15) is 0 Å². The molecule has 0 N–H and O–H groups in total. The van der Waals surface area contributed by atoms with E-state index in [0.29, 0.717) is 6.10 Å². The van der Waals surface area contributed by atoms with Gasteiger partial charge in [-0.05, 0) is 51.1 Å². The lowest BCUT2D eigenvalue weighted by Crippen LogP contribution is -2.35. The molecular formula is C11H21NO. The van der Waals surface area contributed by atoms with E-state index >= 15 is 0 Å². The van der Waals surface area contributed by atoms with Gasteiger partial charge in [-0.25, -0.2) is 0 Å². The van der Waals surface area contributed by atoms with Gasteiger partial charge in [0.25, 0.3) is 0 Å². The maximum absolute atomic E-state index is 5.49. The summed E-state index contributed by atoms with van der Waals surface area (Å²) in [5, 5.41) is 0. The maximum atomic E-state index is 5.49. The normalized spacial score (nSPS) is 40.8. The number of hydrogen-bond acceptors (Lipinski definition) is 2. The van der Waals surface area contributed by atoms with E-state index in [1.165, 1.54) is 51.7 Å². The number of ether oxygens (including phenoxy) is 1. The number of hydrogen-bond donors (Lipinski definition) is 0. The van der Waals surface area contributed by atoms with E-state index in [0.717, 1.165) is 5.92 Å². The quantitative estimate of drug-likeness (QED) is 0.615. The summed E-state index contributed by atoms with van der Waals surface area (Å²) in [6, 6.07) is 0. The number of nitrogens with zero attached hydrogens (tertiary/aromatic N) is 1. The second kappa shape index (κ2) is 4.43.